The molecular formula is C19H24N6O2. The van der Waals surface area contributed by atoms with Crippen molar-refractivity contribution in [2.45, 2.75) is 43.9 Å². The molecule has 8 heteroatoms. The fourth-order valence-electron chi connectivity index (χ4n) is 4.10. The molecule has 0 unspecified atom stereocenters. The van der Waals surface area contributed by atoms with Crippen LogP contribution in [0.1, 0.15) is 31.0 Å². The average molecular weight is 368 g/mol. The summed E-state index contributed by atoms with van der Waals surface area (Å²) in [5.41, 5.74) is 13.2. The first-order valence-electron chi connectivity index (χ1n) is 9.19. The highest BCUT2D eigenvalue weighted by Crippen LogP contribution is 2.39. The SMILES string of the molecule is Nc1cccc(CCC[C@@H]2C[C@H](n3ccc4c(N)ncnc43)[C@@H](O)[C@H]2O)n1. The van der Waals surface area contributed by atoms with Crippen molar-refractivity contribution in [1.82, 2.24) is 19.5 Å². The molecule has 3 heterocycles. The Morgan fingerprint density at radius 3 is 2.78 bits per heavy atom. The first-order valence-corrected chi connectivity index (χ1v) is 9.19. The van der Waals surface area contributed by atoms with E-state index in [1.807, 2.05) is 29.0 Å². The number of nitrogen functional groups attached to an aromatic ring is 2. The van der Waals surface area contributed by atoms with Gasteiger partial charge in [-0.3, -0.25) is 0 Å². The number of pyridine rings is 1. The third-order valence-electron chi connectivity index (χ3n) is 5.50. The van der Waals surface area contributed by atoms with E-state index in [2.05, 4.69) is 15.0 Å². The van der Waals surface area contributed by atoms with Crippen LogP contribution in [-0.4, -0.2) is 41.9 Å². The van der Waals surface area contributed by atoms with Crippen LogP contribution >= 0.6 is 0 Å². The lowest BCUT2D eigenvalue weighted by atomic mass is 9.97. The van der Waals surface area contributed by atoms with Gasteiger partial charge in [-0.25, -0.2) is 15.0 Å². The summed E-state index contributed by atoms with van der Waals surface area (Å²) >= 11 is 0. The number of anilines is 2. The molecule has 4 atom stereocenters. The van der Waals surface area contributed by atoms with E-state index in [0.717, 1.165) is 30.3 Å². The summed E-state index contributed by atoms with van der Waals surface area (Å²) in [5.74, 6) is 0.949. The van der Waals surface area contributed by atoms with Gasteiger partial charge in [0.15, 0.2) is 0 Å². The molecular weight excluding hydrogens is 344 g/mol. The summed E-state index contributed by atoms with van der Waals surface area (Å²) in [4.78, 5) is 12.6. The zero-order chi connectivity index (χ0) is 19.0. The second-order valence-corrected chi connectivity index (χ2v) is 7.21. The van der Waals surface area contributed by atoms with Crippen LogP contribution in [0.25, 0.3) is 11.0 Å². The van der Waals surface area contributed by atoms with Crippen LogP contribution in [0.5, 0.6) is 0 Å². The summed E-state index contributed by atoms with van der Waals surface area (Å²) in [6.07, 6.45) is 4.83. The van der Waals surface area contributed by atoms with E-state index >= 15 is 0 Å². The second-order valence-electron chi connectivity index (χ2n) is 7.21. The topological polar surface area (TPSA) is 136 Å². The summed E-state index contributed by atoms with van der Waals surface area (Å²) in [5, 5.41) is 21.9. The summed E-state index contributed by atoms with van der Waals surface area (Å²) in [6.45, 7) is 0. The Labute approximate surface area is 156 Å². The van der Waals surface area contributed by atoms with Gasteiger partial charge in [-0.1, -0.05) is 6.07 Å². The predicted molar refractivity (Wildman–Crippen MR) is 103 cm³/mol. The Kier molecular flexibility index (Phi) is 4.67. The Bertz CT molecular complexity index is 943. The molecule has 0 amide bonds. The van der Waals surface area contributed by atoms with Gasteiger partial charge in [-0.2, -0.15) is 0 Å². The monoisotopic (exact) mass is 368 g/mol. The van der Waals surface area contributed by atoms with Crippen molar-refractivity contribution in [3.8, 4) is 0 Å². The number of aliphatic hydroxyl groups excluding tert-OH is 2. The molecule has 6 N–H and O–H groups in total. The first kappa shape index (κ1) is 17.7. The van der Waals surface area contributed by atoms with Crippen LogP contribution in [-0.2, 0) is 6.42 Å². The fraction of sp³-hybridized carbons (Fsp3) is 0.421. The van der Waals surface area contributed by atoms with Gasteiger partial charge in [0.1, 0.15) is 29.7 Å². The minimum Gasteiger partial charge on any atom is -0.390 e. The molecule has 0 spiro atoms. The molecule has 0 saturated heterocycles. The van der Waals surface area contributed by atoms with Gasteiger partial charge in [-0.05, 0) is 49.8 Å². The fourth-order valence-corrected chi connectivity index (χ4v) is 4.10. The smallest absolute Gasteiger partial charge is 0.145 e. The van der Waals surface area contributed by atoms with Gasteiger partial charge in [-0.15, -0.1) is 0 Å². The van der Waals surface area contributed by atoms with E-state index in [-0.39, 0.29) is 12.0 Å². The molecule has 4 rings (SSSR count). The van der Waals surface area contributed by atoms with Crippen LogP contribution in [0, 0.1) is 5.92 Å². The predicted octanol–water partition coefficient (Wildman–Crippen LogP) is 1.30. The standard InChI is InChI=1S/C19H24N6O2/c20-15-6-2-5-12(24-15)4-1-3-11-9-14(17(27)16(11)26)25-8-7-13-18(21)22-10-23-19(13)25/h2,5-8,10-11,14,16-17,26-27H,1,3-4,9H2,(H2,20,24)(H2,21,22,23)/t11-,14+,16+,17-/m1/s1. The van der Waals surface area contributed by atoms with Gasteiger partial charge < -0.3 is 26.2 Å². The summed E-state index contributed by atoms with van der Waals surface area (Å²) < 4.78 is 1.90. The Morgan fingerprint density at radius 2 is 1.96 bits per heavy atom. The highest BCUT2D eigenvalue weighted by atomic mass is 16.3. The number of rotatable bonds is 5. The van der Waals surface area contributed by atoms with Crippen LogP contribution in [0.2, 0.25) is 0 Å². The van der Waals surface area contributed by atoms with E-state index < -0.39 is 12.2 Å². The van der Waals surface area contributed by atoms with Gasteiger partial charge in [0.25, 0.3) is 0 Å². The molecule has 0 aliphatic heterocycles. The molecule has 3 aromatic heterocycles. The normalized spacial score (nSPS) is 25.3. The Hall–Kier alpha value is -2.71. The number of hydrogen-bond acceptors (Lipinski definition) is 7. The summed E-state index contributed by atoms with van der Waals surface area (Å²) in [6, 6.07) is 7.23. The maximum Gasteiger partial charge on any atom is 0.145 e. The number of nitrogens with two attached hydrogens (primary N) is 2. The van der Waals surface area contributed by atoms with E-state index in [1.165, 1.54) is 6.33 Å². The highest BCUT2D eigenvalue weighted by molar-refractivity contribution is 5.86. The molecule has 27 heavy (non-hydrogen) atoms. The van der Waals surface area contributed by atoms with Crippen molar-refractivity contribution in [3.63, 3.8) is 0 Å². The molecule has 8 nitrogen and oxygen atoms in total. The van der Waals surface area contributed by atoms with Crippen LogP contribution in [0.15, 0.2) is 36.8 Å². The van der Waals surface area contributed by atoms with E-state index in [0.29, 0.717) is 23.7 Å². The number of aromatic nitrogens is 4. The molecule has 1 fully saturated rings. The lowest BCUT2D eigenvalue weighted by Crippen LogP contribution is -2.29. The minimum absolute atomic E-state index is 0.0164. The maximum atomic E-state index is 10.6. The highest BCUT2D eigenvalue weighted by Gasteiger charge is 2.42. The van der Waals surface area contributed by atoms with Crippen molar-refractivity contribution in [3.05, 3.63) is 42.5 Å². The molecule has 0 radical (unpaired) electrons. The van der Waals surface area contributed by atoms with E-state index in [4.69, 9.17) is 11.5 Å². The Balaban J connectivity index is 1.45. The zero-order valence-electron chi connectivity index (χ0n) is 14.9. The molecule has 1 aliphatic rings. The van der Waals surface area contributed by atoms with Gasteiger partial charge in [0.05, 0.1) is 17.5 Å². The van der Waals surface area contributed by atoms with E-state index in [9.17, 15) is 10.2 Å². The van der Waals surface area contributed by atoms with Crippen LogP contribution in [0.4, 0.5) is 11.6 Å². The van der Waals surface area contributed by atoms with Crippen molar-refractivity contribution in [2.24, 2.45) is 5.92 Å². The molecule has 3 aromatic rings. The Morgan fingerprint density at radius 1 is 1.11 bits per heavy atom. The van der Waals surface area contributed by atoms with Crippen molar-refractivity contribution >= 4 is 22.7 Å². The second kappa shape index (κ2) is 7.13. The van der Waals surface area contributed by atoms with Crippen LogP contribution < -0.4 is 11.5 Å². The summed E-state index contributed by atoms with van der Waals surface area (Å²) in [7, 11) is 0. The average Bonchev–Trinajstić information content (AvgIpc) is 3.19. The van der Waals surface area contributed by atoms with Gasteiger partial charge in [0.2, 0.25) is 0 Å². The van der Waals surface area contributed by atoms with Gasteiger partial charge in [0, 0.05) is 11.9 Å². The number of aliphatic hydroxyl groups is 2. The third-order valence-corrected chi connectivity index (χ3v) is 5.50. The van der Waals surface area contributed by atoms with Crippen molar-refractivity contribution in [1.29, 1.82) is 0 Å². The maximum absolute atomic E-state index is 10.6. The van der Waals surface area contributed by atoms with Gasteiger partial charge >= 0.3 is 0 Å². The quantitative estimate of drug-likeness (QED) is 0.533. The van der Waals surface area contributed by atoms with Crippen molar-refractivity contribution < 1.29 is 10.2 Å². The minimum atomic E-state index is -0.840. The lowest BCUT2D eigenvalue weighted by Gasteiger charge is -2.19. The lowest BCUT2D eigenvalue weighted by molar-refractivity contribution is 0.00510. The van der Waals surface area contributed by atoms with E-state index in [1.54, 1.807) is 6.07 Å². The van der Waals surface area contributed by atoms with Crippen LogP contribution in [0.3, 0.4) is 0 Å². The zero-order valence-corrected chi connectivity index (χ0v) is 14.9. The molecule has 1 saturated carbocycles. The first-order chi connectivity index (χ1) is 13.0. The molecule has 0 bridgehead atoms. The number of aryl methyl sites for hydroxylation is 1. The number of nitrogens with zero attached hydrogens (tertiary/aromatic N) is 4. The molecule has 1 aliphatic carbocycles. The van der Waals surface area contributed by atoms with Crippen molar-refractivity contribution in [2.75, 3.05) is 11.5 Å². The number of hydrogen-bond donors (Lipinski definition) is 4. The largest absolute Gasteiger partial charge is 0.390 e. The number of fused-ring (bicyclic) bond motifs is 1. The molecule has 0 aromatic carbocycles. The third kappa shape index (κ3) is 3.33. The molecule has 142 valence electrons.